The number of amides is 1. The molecular formula is C18H15BrN4O. The molecule has 0 fully saturated rings. The van der Waals surface area contributed by atoms with Crippen molar-refractivity contribution >= 4 is 39.0 Å². The summed E-state index contributed by atoms with van der Waals surface area (Å²) in [6.07, 6.45) is 0. The fourth-order valence-corrected chi connectivity index (χ4v) is 2.52. The summed E-state index contributed by atoms with van der Waals surface area (Å²) in [4.78, 5) is 12.2. The third-order valence-electron chi connectivity index (χ3n) is 3.31. The minimum Gasteiger partial charge on any atom is -0.339 e. The van der Waals surface area contributed by atoms with Gasteiger partial charge >= 0.3 is 0 Å². The second-order valence-electron chi connectivity index (χ2n) is 5.23. The Kier molecular flexibility index (Phi) is 4.86. The Morgan fingerprint density at radius 1 is 1.00 bits per heavy atom. The second kappa shape index (κ2) is 7.23. The van der Waals surface area contributed by atoms with Crippen LogP contribution >= 0.6 is 15.9 Å². The van der Waals surface area contributed by atoms with E-state index in [-0.39, 0.29) is 11.6 Å². The lowest BCUT2D eigenvalue weighted by atomic mass is 10.2. The van der Waals surface area contributed by atoms with Crippen LogP contribution in [0.1, 0.15) is 16.1 Å². The number of anilines is 3. The largest absolute Gasteiger partial charge is 0.339 e. The predicted octanol–water partition coefficient (Wildman–Crippen LogP) is 4.54. The Labute approximate surface area is 148 Å². The molecule has 0 spiro atoms. The first-order valence-electron chi connectivity index (χ1n) is 7.35. The van der Waals surface area contributed by atoms with Crippen LogP contribution in [0.2, 0.25) is 0 Å². The molecule has 0 bridgehead atoms. The van der Waals surface area contributed by atoms with Crippen LogP contribution in [-0.4, -0.2) is 16.1 Å². The van der Waals surface area contributed by atoms with Crippen molar-refractivity contribution < 1.29 is 4.79 Å². The van der Waals surface area contributed by atoms with Crippen LogP contribution in [0.25, 0.3) is 0 Å². The van der Waals surface area contributed by atoms with Crippen LogP contribution in [0.5, 0.6) is 0 Å². The maximum atomic E-state index is 12.2. The maximum absolute atomic E-state index is 12.2. The van der Waals surface area contributed by atoms with Crippen LogP contribution in [-0.2, 0) is 0 Å². The molecule has 0 atom stereocenters. The molecule has 0 saturated carbocycles. The molecule has 1 aromatic heterocycles. The highest BCUT2D eigenvalue weighted by atomic mass is 79.9. The number of carbonyl (C=O) groups is 1. The van der Waals surface area contributed by atoms with Gasteiger partial charge in [0.05, 0.1) is 5.69 Å². The third-order valence-corrected chi connectivity index (χ3v) is 4.00. The highest BCUT2D eigenvalue weighted by Crippen LogP contribution is 2.22. The average molecular weight is 383 g/mol. The van der Waals surface area contributed by atoms with Gasteiger partial charge in [-0.1, -0.05) is 24.3 Å². The number of aromatic nitrogens is 2. The summed E-state index contributed by atoms with van der Waals surface area (Å²) in [5.74, 6) is 0.273. The summed E-state index contributed by atoms with van der Waals surface area (Å²) in [6, 6.07) is 18.7. The lowest BCUT2D eigenvalue weighted by molar-refractivity contribution is 0.102. The Morgan fingerprint density at radius 2 is 1.83 bits per heavy atom. The van der Waals surface area contributed by atoms with E-state index in [0.29, 0.717) is 11.5 Å². The Bertz CT molecular complexity index is 865. The summed E-state index contributed by atoms with van der Waals surface area (Å²) < 4.78 is 0.809. The van der Waals surface area contributed by atoms with E-state index in [1.807, 2.05) is 55.5 Å². The average Bonchev–Trinajstić information content (AvgIpc) is 2.57. The number of hydrogen-bond donors (Lipinski definition) is 2. The Hall–Kier alpha value is -2.73. The smallest absolute Gasteiger partial charge is 0.276 e. The first kappa shape index (κ1) is 16.1. The molecule has 24 heavy (non-hydrogen) atoms. The van der Waals surface area contributed by atoms with E-state index in [1.165, 1.54) is 0 Å². The number of para-hydroxylation sites is 1. The molecule has 1 heterocycles. The molecule has 0 unspecified atom stereocenters. The summed E-state index contributed by atoms with van der Waals surface area (Å²) in [5.41, 5.74) is 3.01. The van der Waals surface area contributed by atoms with Crippen molar-refractivity contribution in [3.05, 3.63) is 76.4 Å². The summed E-state index contributed by atoms with van der Waals surface area (Å²) >= 11 is 3.39. The quantitative estimate of drug-likeness (QED) is 0.694. The van der Waals surface area contributed by atoms with Crippen molar-refractivity contribution in [3.63, 3.8) is 0 Å². The lowest BCUT2D eigenvalue weighted by Gasteiger charge is -2.08. The summed E-state index contributed by atoms with van der Waals surface area (Å²) in [7, 11) is 0. The third kappa shape index (κ3) is 3.97. The van der Waals surface area contributed by atoms with Gasteiger partial charge in [-0.2, -0.15) is 0 Å². The molecule has 5 nitrogen and oxygen atoms in total. The highest BCUT2D eigenvalue weighted by molar-refractivity contribution is 9.10. The SMILES string of the molecule is Cc1cccc(Nc2ccc(C(=O)Nc3ccccc3Br)nn2)c1. The van der Waals surface area contributed by atoms with Gasteiger partial charge in [0.1, 0.15) is 0 Å². The van der Waals surface area contributed by atoms with Crippen molar-refractivity contribution in [3.8, 4) is 0 Å². The van der Waals surface area contributed by atoms with E-state index in [9.17, 15) is 4.79 Å². The van der Waals surface area contributed by atoms with Crippen molar-refractivity contribution in [2.75, 3.05) is 10.6 Å². The number of nitrogens with zero attached hydrogens (tertiary/aromatic N) is 2. The molecule has 0 aliphatic carbocycles. The molecule has 120 valence electrons. The van der Waals surface area contributed by atoms with Gasteiger partial charge in [0, 0.05) is 10.2 Å². The molecule has 3 rings (SSSR count). The van der Waals surface area contributed by atoms with Gasteiger partial charge in [-0.05, 0) is 64.8 Å². The van der Waals surface area contributed by atoms with Gasteiger partial charge < -0.3 is 10.6 Å². The molecule has 1 amide bonds. The van der Waals surface area contributed by atoms with Crippen LogP contribution in [0, 0.1) is 6.92 Å². The molecule has 0 saturated heterocycles. The molecule has 2 N–H and O–H groups in total. The van der Waals surface area contributed by atoms with Gasteiger partial charge in [0.2, 0.25) is 0 Å². The molecule has 0 aliphatic heterocycles. The van der Waals surface area contributed by atoms with E-state index in [0.717, 1.165) is 15.7 Å². The normalized spacial score (nSPS) is 10.2. The molecular weight excluding hydrogens is 368 g/mol. The van der Waals surface area contributed by atoms with Gasteiger partial charge in [-0.15, -0.1) is 10.2 Å². The number of hydrogen-bond acceptors (Lipinski definition) is 4. The summed E-state index contributed by atoms with van der Waals surface area (Å²) in [5, 5.41) is 14.0. The van der Waals surface area contributed by atoms with E-state index in [2.05, 4.69) is 36.8 Å². The minimum atomic E-state index is -0.309. The number of benzene rings is 2. The van der Waals surface area contributed by atoms with Crippen molar-refractivity contribution in [2.24, 2.45) is 0 Å². The Morgan fingerprint density at radius 3 is 2.54 bits per heavy atom. The van der Waals surface area contributed by atoms with Gasteiger partial charge in [0.15, 0.2) is 11.5 Å². The van der Waals surface area contributed by atoms with Gasteiger partial charge in [-0.3, -0.25) is 4.79 Å². The number of carbonyl (C=O) groups excluding carboxylic acids is 1. The van der Waals surface area contributed by atoms with E-state index < -0.39 is 0 Å². The second-order valence-corrected chi connectivity index (χ2v) is 6.09. The molecule has 0 radical (unpaired) electrons. The van der Waals surface area contributed by atoms with Crippen LogP contribution < -0.4 is 10.6 Å². The molecule has 0 aliphatic rings. The van der Waals surface area contributed by atoms with Crippen LogP contribution in [0.3, 0.4) is 0 Å². The van der Waals surface area contributed by atoms with Crippen molar-refractivity contribution in [2.45, 2.75) is 6.92 Å². The Balaban J connectivity index is 1.70. The molecule has 6 heteroatoms. The number of aryl methyl sites for hydroxylation is 1. The van der Waals surface area contributed by atoms with Gasteiger partial charge in [0.25, 0.3) is 5.91 Å². The number of halogens is 1. The minimum absolute atomic E-state index is 0.251. The molecule has 2 aromatic carbocycles. The zero-order chi connectivity index (χ0) is 16.9. The monoisotopic (exact) mass is 382 g/mol. The van der Waals surface area contributed by atoms with Crippen LogP contribution in [0.4, 0.5) is 17.2 Å². The van der Waals surface area contributed by atoms with Gasteiger partial charge in [-0.25, -0.2) is 0 Å². The predicted molar refractivity (Wildman–Crippen MR) is 98.6 cm³/mol. The van der Waals surface area contributed by atoms with Crippen molar-refractivity contribution in [1.82, 2.24) is 10.2 Å². The number of rotatable bonds is 4. The summed E-state index contributed by atoms with van der Waals surface area (Å²) in [6.45, 7) is 2.02. The highest BCUT2D eigenvalue weighted by Gasteiger charge is 2.10. The topological polar surface area (TPSA) is 66.9 Å². The first-order chi connectivity index (χ1) is 11.6. The number of nitrogens with one attached hydrogen (secondary N) is 2. The molecule has 3 aromatic rings. The lowest BCUT2D eigenvalue weighted by Crippen LogP contribution is -2.14. The van der Waals surface area contributed by atoms with E-state index in [4.69, 9.17) is 0 Å². The zero-order valence-electron chi connectivity index (χ0n) is 13.0. The maximum Gasteiger partial charge on any atom is 0.276 e. The van der Waals surface area contributed by atoms with Crippen molar-refractivity contribution in [1.29, 1.82) is 0 Å². The first-order valence-corrected chi connectivity index (χ1v) is 8.14. The van der Waals surface area contributed by atoms with E-state index in [1.54, 1.807) is 12.1 Å². The van der Waals surface area contributed by atoms with E-state index >= 15 is 0 Å². The van der Waals surface area contributed by atoms with Crippen LogP contribution in [0.15, 0.2) is 65.1 Å². The zero-order valence-corrected chi connectivity index (χ0v) is 14.5. The fraction of sp³-hybridized carbons (Fsp3) is 0.0556. The fourth-order valence-electron chi connectivity index (χ4n) is 2.14. The standard InChI is InChI=1S/C18H15BrN4O/c1-12-5-4-6-13(11-12)20-17-10-9-16(22-23-17)18(24)21-15-8-3-2-7-14(15)19/h2-11H,1H3,(H,20,23)(H,21,24).